The quantitative estimate of drug-likeness (QED) is 0.850. The Morgan fingerprint density at radius 3 is 2.53 bits per heavy atom. The molecule has 2 nitrogen and oxygen atoms in total. The fraction of sp³-hybridized carbons (Fsp3) is 0.533. The summed E-state index contributed by atoms with van der Waals surface area (Å²) in [5, 5.41) is 5.10. The highest BCUT2D eigenvalue weighted by molar-refractivity contribution is 7.80. The van der Waals surface area contributed by atoms with Gasteiger partial charge < -0.3 is 10.2 Å². The number of thiocarbonyl (C=S) groups is 1. The zero-order valence-corrected chi connectivity index (χ0v) is 12.9. The van der Waals surface area contributed by atoms with Crippen molar-refractivity contribution in [2.45, 2.75) is 44.7 Å². The van der Waals surface area contributed by atoms with Gasteiger partial charge in [0, 0.05) is 24.7 Å². The molecule has 0 saturated heterocycles. The fourth-order valence-electron chi connectivity index (χ4n) is 2.47. The predicted molar refractivity (Wildman–Crippen MR) is 85.5 cm³/mol. The Labute approximate surface area is 126 Å². The van der Waals surface area contributed by atoms with Crippen molar-refractivity contribution in [1.82, 2.24) is 10.2 Å². The van der Waals surface area contributed by atoms with Crippen molar-refractivity contribution in [3.8, 4) is 0 Å². The lowest BCUT2D eigenvalue weighted by atomic mass is 9.96. The van der Waals surface area contributed by atoms with Gasteiger partial charge in [-0.25, -0.2) is 0 Å². The topological polar surface area (TPSA) is 15.3 Å². The van der Waals surface area contributed by atoms with Crippen molar-refractivity contribution in [1.29, 1.82) is 0 Å². The summed E-state index contributed by atoms with van der Waals surface area (Å²) >= 11 is 11.4. The molecule has 1 fully saturated rings. The maximum Gasteiger partial charge on any atom is 0.169 e. The highest BCUT2D eigenvalue weighted by atomic mass is 35.5. The van der Waals surface area contributed by atoms with Gasteiger partial charge in [-0.3, -0.25) is 0 Å². The van der Waals surface area contributed by atoms with Crippen molar-refractivity contribution >= 4 is 28.9 Å². The van der Waals surface area contributed by atoms with Crippen LogP contribution in [0, 0.1) is 0 Å². The molecule has 1 aromatic carbocycles. The van der Waals surface area contributed by atoms with Gasteiger partial charge in [0.15, 0.2) is 5.11 Å². The minimum Gasteiger partial charge on any atom is -0.360 e. The summed E-state index contributed by atoms with van der Waals surface area (Å²) in [6.07, 6.45) is 6.50. The number of nitrogens with one attached hydrogen (secondary N) is 1. The van der Waals surface area contributed by atoms with Crippen LogP contribution in [0.5, 0.6) is 0 Å². The monoisotopic (exact) mass is 296 g/mol. The summed E-state index contributed by atoms with van der Waals surface area (Å²) in [6.45, 7) is 0.815. The average Bonchev–Trinajstić information content (AvgIpc) is 2.42. The zero-order chi connectivity index (χ0) is 13.7. The molecule has 104 valence electrons. The number of halogens is 1. The first-order valence-electron chi connectivity index (χ1n) is 6.91. The van der Waals surface area contributed by atoms with Gasteiger partial charge in [-0.2, -0.15) is 0 Å². The summed E-state index contributed by atoms with van der Waals surface area (Å²) in [6, 6.07) is 8.49. The number of benzene rings is 1. The molecule has 4 heteroatoms. The van der Waals surface area contributed by atoms with E-state index in [1.54, 1.807) is 0 Å². The maximum absolute atomic E-state index is 5.89. The van der Waals surface area contributed by atoms with Crippen LogP contribution in [0.3, 0.4) is 0 Å². The van der Waals surface area contributed by atoms with E-state index in [4.69, 9.17) is 23.8 Å². The van der Waals surface area contributed by atoms with Crippen LogP contribution in [-0.4, -0.2) is 23.1 Å². The van der Waals surface area contributed by atoms with E-state index in [0.29, 0.717) is 6.04 Å². The van der Waals surface area contributed by atoms with Gasteiger partial charge in [-0.1, -0.05) is 43.0 Å². The lowest BCUT2D eigenvalue weighted by Crippen LogP contribution is -2.43. The van der Waals surface area contributed by atoms with E-state index in [-0.39, 0.29) is 0 Å². The van der Waals surface area contributed by atoms with Gasteiger partial charge in [-0.15, -0.1) is 0 Å². The van der Waals surface area contributed by atoms with E-state index in [1.165, 1.54) is 37.7 Å². The first-order chi connectivity index (χ1) is 9.15. The fourth-order valence-corrected chi connectivity index (χ4v) is 2.82. The lowest BCUT2D eigenvalue weighted by Gasteiger charge is -2.28. The van der Waals surface area contributed by atoms with Crippen LogP contribution in [0.4, 0.5) is 0 Å². The van der Waals surface area contributed by atoms with Crippen LogP contribution >= 0.6 is 23.8 Å². The largest absolute Gasteiger partial charge is 0.360 e. The van der Waals surface area contributed by atoms with Gasteiger partial charge in [0.1, 0.15) is 0 Å². The third kappa shape index (κ3) is 4.66. The Morgan fingerprint density at radius 2 is 1.89 bits per heavy atom. The molecule has 19 heavy (non-hydrogen) atoms. The molecule has 1 aromatic rings. The van der Waals surface area contributed by atoms with Crippen LogP contribution in [0.15, 0.2) is 24.3 Å². The van der Waals surface area contributed by atoms with Gasteiger partial charge in [-0.05, 0) is 42.8 Å². The molecule has 1 saturated carbocycles. The van der Waals surface area contributed by atoms with Crippen molar-refractivity contribution in [3.63, 3.8) is 0 Å². The zero-order valence-electron chi connectivity index (χ0n) is 11.4. The Morgan fingerprint density at radius 1 is 1.26 bits per heavy atom. The molecule has 2 rings (SSSR count). The van der Waals surface area contributed by atoms with E-state index in [9.17, 15) is 0 Å². The summed E-state index contributed by atoms with van der Waals surface area (Å²) in [7, 11) is 2.03. The summed E-state index contributed by atoms with van der Waals surface area (Å²) in [5.74, 6) is 0. The molecule has 1 aliphatic rings. The lowest BCUT2D eigenvalue weighted by molar-refractivity contribution is 0.392. The summed E-state index contributed by atoms with van der Waals surface area (Å²) in [4.78, 5) is 2.09. The molecule has 0 spiro atoms. The molecule has 0 bridgehead atoms. The molecular formula is C15H21ClN2S. The van der Waals surface area contributed by atoms with Gasteiger partial charge >= 0.3 is 0 Å². The molecule has 0 amide bonds. The van der Waals surface area contributed by atoms with E-state index >= 15 is 0 Å². The third-order valence-electron chi connectivity index (χ3n) is 3.61. The normalized spacial score (nSPS) is 16.1. The van der Waals surface area contributed by atoms with E-state index in [2.05, 4.69) is 10.2 Å². The molecule has 0 atom stereocenters. The molecule has 0 unspecified atom stereocenters. The minimum atomic E-state index is 0.564. The minimum absolute atomic E-state index is 0.564. The Hall–Kier alpha value is -0.800. The third-order valence-corrected chi connectivity index (χ3v) is 4.29. The molecule has 0 radical (unpaired) electrons. The Balaban J connectivity index is 1.83. The van der Waals surface area contributed by atoms with Crippen molar-refractivity contribution in [3.05, 3.63) is 34.9 Å². The molecule has 0 heterocycles. The maximum atomic E-state index is 5.89. The number of hydrogen-bond donors (Lipinski definition) is 1. The van der Waals surface area contributed by atoms with E-state index < -0.39 is 0 Å². The highest BCUT2D eigenvalue weighted by Gasteiger charge is 2.15. The first-order valence-corrected chi connectivity index (χ1v) is 7.70. The highest BCUT2D eigenvalue weighted by Crippen LogP contribution is 2.18. The summed E-state index contributed by atoms with van der Waals surface area (Å²) in [5.41, 5.74) is 1.22. The second kappa shape index (κ2) is 7.11. The van der Waals surface area contributed by atoms with Gasteiger partial charge in [0.2, 0.25) is 0 Å². The molecular weight excluding hydrogens is 276 g/mol. The first kappa shape index (κ1) is 14.6. The van der Waals surface area contributed by atoms with E-state index in [1.807, 2.05) is 31.3 Å². The number of rotatable bonds is 3. The van der Waals surface area contributed by atoms with Crippen LogP contribution in [0.1, 0.15) is 37.7 Å². The van der Waals surface area contributed by atoms with Crippen molar-refractivity contribution in [2.24, 2.45) is 0 Å². The Kier molecular flexibility index (Phi) is 5.46. The second-order valence-electron chi connectivity index (χ2n) is 5.27. The second-order valence-corrected chi connectivity index (χ2v) is 6.09. The number of hydrogen-bond acceptors (Lipinski definition) is 1. The summed E-state index contributed by atoms with van der Waals surface area (Å²) < 4.78 is 0. The van der Waals surface area contributed by atoms with Gasteiger partial charge in [0.25, 0.3) is 0 Å². The van der Waals surface area contributed by atoms with Crippen LogP contribution < -0.4 is 5.32 Å². The van der Waals surface area contributed by atoms with Crippen LogP contribution in [-0.2, 0) is 6.54 Å². The van der Waals surface area contributed by atoms with Crippen molar-refractivity contribution in [2.75, 3.05) is 7.05 Å². The smallest absolute Gasteiger partial charge is 0.169 e. The molecule has 0 aliphatic heterocycles. The van der Waals surface area contributed by atoms with Gasteiger partial charge in [0.05, 0.1) is 0 Å². The molecule has 0 aromatic heterocycles. The number of nitrogens with zero attached hydrogens (tertiary/aromatic N) is 1. The average molecular weight is 297 g/mol. The standard InChI is InChI=1S/C15H21ClN2S/c1-18(11-12-7-9-13(16)10-8-12)15(19)17-14-5-3-2-4-6-14/h7-10,14H,2-6,11H2,1H3,(H,17,19). The molecule has 1 N–H and O–H groups in total. The van der Waals surface area contributed by atoms with E-state index in [0.717, 1.165) is 16.7 Å². The SMILES string of the molecule is CN(Cc1ccc(Cl)cc1)C(=S)NC1CCCCC1. The van der Waals surface area contributed by atoms with Crippen molar-refractivity contribution < 1.29 is 0 Å². The predicted octanol–water partition coefficient (Wildman–Crippen LogP) is 3.98. The van der Waals surface area contributed by atoms with Crippen LogP contribution in [0.25, 0.3) is 0 Å². The Bertz CT molecular complexity index is 413. The van der Waals surface area contributed by atoms with Crippen LogP contribution in [0.2, 0.25) is 5.02 Å². The molecule has 1 aliphatic carbocycles.